The normalized spacial score (nSPS) is 14.8. The van der Waals surface area contributed by atoms with E-state index in [2.05, 4.69) is 99.2 Å². The first-order valence-electron chi connectivity index (χ1n) is 45.3. The number of aromatic nitrogens is 12. The number of carbonyl (C=O) groups is 4. The van der Waals surface area contributed by atoms with Crippen molar-refractivity contribution in [1.82, 2.24) is 59.1 Å². The van der Waals surface area contributed by atoms with Crippen LogP contribution in [0.4, 0.5) is 81.1 Å². The summed E-state index contributed by atoms with van der Waals surface area (Å²) >= 11 is 0. The van der Waals surface area contributed by atoms with Gasteiger partial charge >= 0.3 is 12.4 Å². The second-order valence-electron chi connectivity index (χ2n) is 37.9. The molecule has 0 saturated heterocycles. The minimum absolute atomic E-state index is 0.0345. The van der Waals surface area contributed by atoms with Crippen molar-refractivity contribution in [1.29, 1.82) is 0 Å². The van der Waals surface area contributed by atoms with E-state index in [0.29, 0.717) is 117 Å². The van der Waals surface area contributed by atoms with Gasteiger partial charge in [0.1, 0.15) is 11.6 Å². The van der Waals surface area contributed by atoms with Gasteiger partial charge in [0.15, 0.2) is 45.9 Å². The van der Waals surface area contributed by atoms with Crippen molar-refractivity contribution in [3.8, 4) is 44.5 Å². The van der Waals surface area contributed by atoms with Crippen molar-refractivity contribution in [2.75, 3.05) is 57.4 Å². The van der Waals surface area contributed by atoms with Gasteiger partial charge < -0.3 is 54.4 Å². The lowest BCUT2D eigenvalue weighted by molar-refractivity contribution is -0.138. The number of hydrogen-bond acceptors (Lipinski definition) is 18. The molecule has 4 aliphatic carbocycles. The number of rotatable bonds is 20. The Morgan fingerprint density at radius 3 is 1.07 bits per heavy atom. The number of amides is 4. The van der Waals surface area contributed by atoms with Crippen molar-refractivity contribution in [2.45, 2.75) is 158 Å². The number of nitrogens with zero attached hydrogens (tertiary/aromatic N) is 12. The lowest BCUT2D eigenvalue weighted by Crippen LogP contribution is -2.29. The fourth-order valence-corrected chi connectivity index (χ4v) is 17.8. The van der Waals surface area contributed by atoms with Crippen LogP contribution in [0.25, 0.3) is 88.6 Å². The first kappa shape index (κ1) is 95.4. The maximum Gasteiger partial charge on any atom is 0.416 e. The third kappa shape index (κ3) is 19.0. The summed E-state index contributed by atoms with van der Waals surface area (Å²) in [4.78, 5) is 70.6. The number of aliphatic hydroxyl groups is 2. The molecule has 8 aromatic heterocycles. The van der Waals surface area contributed by atoms with Crippen molar-refractivity contribution in [2.24, 2.45) is 14.1 Å². The Balaban J connectivity index is 0.000000128. The van der Waals surface area contributed by atoms with Crippen LogP contribution in [0.5, 0.6) is 0 Å². The Labute approximate surface area is 793 Å². The van der Waals surface area contributed by atoms with Gasteiger partial charge in [-0.1, -0.05) is 156 Å². The minimum Gasteiger partial charge on any atom is -0.394 e. The summed E-state index contributed by atoms with van der Waals surface area (Å²) in [7, 11) is 3.62. The lowest BCUT2D eigenvalue weighted by atomic mass is 9.89. The summed E-state index contributed by atoms with van der Waals surface area (Å²) in [5.41, 5.74) is 35.5. The average molecular weight is 1890 g/mol. The largest absolute Gasteiger partial charge is 0.416 e. The lowest BCUT2D eigenvalue weighted by Gasteiger charge is -2.20. The molecule has 0 radical (unpaired) electrons. The molecular weight excluding hydrogens is 1790 g/mol. The molecule has 14 N–H and O–H groups in total. The first-order chi connectivity index (χ1) is 66.0. The highest BCUT2D eigenvalue weighted by molar-refractivity contribution is 6.08. The van der Waals surface area contributed by atoms with Crippen molar-refractivity contribution in [3.05, 3.63) is 287 Å². The maximum atomic E-state index is 14.5. The molecule has 0 unspecified atom stereocenters. The number of nitrogens with two attached hydrogens (primary N) is 4. The van der Waals surface area contributed by atoms with Crippen LogP contribution in [0.2, 0.25) is 0 Å². The first-order valence-corrected chi connectivity index (χ1v) is 45.3. The van der Waals surface area contributed by atoms with E-state index in [0.717, 1.165) is 126 Å². The highest BCUT2D eigenvalue weighted by Crippen LogP contribution is 2.55. The number of aliphatic hydroxyl groups excluding tert-OH is 2. The van der Waals surface area contributed by atoms with Crippen molar-refractivity contribution >= 4 is 114 Å². The number of benzene rings is 8. The summed E-state index contributed by atoms with van der Waals surface area (Å²) in [6, 6.07) is 59.3. The standard InChI is InChI=1S/C28H27F4N5O.C28H30FN5O.C25H22F3N5O2.C24H23N5O2/c1-26(2,3)21-14-18(22-23(33)36-37(4)24(22)35-21)15-5-8-17(9-6-15)34-25(38)27(11-12-27)19-13-16(28(30,31)32)7-10-20(19)29;1-16-6-11-21(29)20(14-16)28(12-13-28)26(35)31-18-9-7-17(8-10-18)19-15-22(27(2,3)4)32-25-23(19)24(30)33-34(25)5;26-25(27,28)17-3-1-2-16(14-17)24(9-10-24)23(35)31-18-6-4-15(5-7-18)19-8-11-30-22-20(19)21(29)32-33(22)12-13-34;25-21-20-19(10-13-26-22(20)29(28-21)14-15-30)16-6-8-18(9-7-16)27-23(31)24(11-12-24)17-4-2-1-3-5-17/h5-10,13-14H,11-12H2,1-4H3,(H2,33,36)(H,34,38);6-11,14-15H,12-13H2,1-5H3,(H2,30,33)(H,31,35);1-8,11,14,34H,9-10,12-13H2,(H2,29,32)(H,31,35);1-10,13,30H,11-12,14-15H2,(H2,25,28)(H,27,31). The van der Waals surface area contributed by atoms with Crippen LogP contribution in [-0.2, 0) is 91.2 Å². The summed E-state index contributed by atoms with van der Waals surface area (Å²) in [6.45, 7) is 14.9. The Morgan fingerprint density at radius 2 is 0.705 bits per heavy atom. The van der Waals surface area contributed by atoms with Crippen LogP contribution in [0.3, 0.4) is 0 Å². The van der Waals surface area contributed by atoms with Crippen LogP contribution in [-0.4, -0.2) is 106 Å². The third-order valence-electron chi connectivity index (χ3n) is 26.2. The molecule has 20 rings (SSSR count). The number of anilines is 8. The molecule has 4 aliphatic rings. The van der Waals surface area contributed by atoms with Crippen molar-refractivity contribution < 1.29 is 64.5 Å². The van der Waals surface area contributed by atoms with Gasteiger partial charge in [0, 0.05) is 82.6 Å². The molecule has 4 saturated carbocycles. The maximum absolute atomic E-state index is 14.5. The van der Waals surface area contributed by atoms with Gasteiger partial charge in [0.2, 0.25) is 23.6 Å². The monoisotopic (exact) mass is 1890 g/mol. The number of carbonyl (C=O) groups excluding carboxylic acids is 4. The molecular formula is C105H102F8N20O6. The number of halogens is 8. The van der Waals surface area contributed by atoms with E-state index in [1.807, 2.05) is 135 Å². The van der Waals surface area contributed by atoms with Gasteiger partial charge in [-0.3, -0.25) is 19.2 Å². The topological polar surface area (TPSA) is 384 Å². The predicted octanol–water partition coefficient (Wildman–Crippen LogP) is 19.7. The highest BCUT2D eigenvalue weighted by atomic mass is 19.4. The number of pyridine rings is 4. The second kappa shape index (κ2) is 36.6. The molecule has 34 heteroatoms. The molecule has 8 aromatic carbocycles. The fourth-order valence-electron chi connectivity index (χ4n) is 17.8. The molecule has 26 nitrogen and oxygen atoms in total. The zero-order valence-corrected chi connectivity index (χ0v) is 77.6. The molecule has 0 bridgehead atoms. The van der Waals surface area contributed by atoms with E-state index >= 15 is 0 Å². The van der Waals surface area contributed by atoms with Gasteiger partial charge in [-0.25, -0.2) is 47.4 Å². The fraction of sp³-hybridized carbons (Fsp3) is 0.276. The summed E-state index contributed by atoms with van der Waals surface area (Å²) < 4.78 is 115. The van der Waals surface area contributed by atoms with E-state index in [-0.39, 0.29) is 72.5 Å². The number of nitrogen functional groups attached to an aromatic ring is 4. The molecule has 4 fully saturated rings. The van der Waals surface area contributed by atoms with Crippen LogP contribution in [0, 0.1) is 18.6 Å². The Hall–Kier alpha value is -15.3. The zero-order valence-electron chi connectivity index (χ0n) is 77.6. The molecule has 4 amide bonds. The number of hydrogen-bond donors (Lipinski definition) is 10. The third-order valence-corrected chi connectivity index (χ3v) is 26.2. The molecule has 0 aliphatic heterocycles. The smallest absolute Gasteiger partial charge is 0.394 e. The van der Waals surface area contributed by atoms with E-state index < -0.39 is 56.9 Å². The van der Waals surface area contributed by atoms with Crippen LogP contribution in [0.15, 0.2) is 225 Å². The quantitative estimate of drug-likeness (QED) is 0.0317. The molecule has 0 atom stereocenters. The van der Waals surface area contributed by atoms with Gasteiger partial charge in [-0.15, -0.1) is 0 Å². The molecule has 8 heterocycles. The van der Waals surface area contributed by atoms with Crippen LogP contribution in [0.1, 0.15) is 143 Å². The van der Waals surface area contributed by atoms with Gasteiger partial charge in [0.05, 0.1) is 80.6 Å². The SMILES string of the molecule is Cc1ccc(F)c(C2(C(=O)Nc3ccc(-c4cc(C(C)(C)C)nc5c4c(N)nn5C)cc3)CC2)c1.Cn1nc(N)c2c(-c3ccc(NC(=O)C4(c5cc(C(F)(F)F)ccc5F)CC4)cc3)cc(C(C)(C)C)nc21.Nc1nn(CCO)c2nccc(-c3ccc(NC(=O)C4(c5cccc(C(F)(F)F)c5)CC4)cc3)c12.Nc1nn(CCO)c2nccc(-c3ccc(NC(=O)C4(c5ccccc5)CC4)cc3)c12. The number of nitrogens with one attached hydrogen (secondary N) is 4. The van der Waals surface area contributed by atoms with E-state index in [4.69, 9.17) is 32.9 Å². The summed E-state index contributed by atoms with van der Waals surface area (Å²) in [5, 5.41) is 50.4. The highest BCUT2D eigenvalue weighted by Gasteiger charge is 2.56. The average Bonchev–Trinajstić information content (AvgIpc) is 1.59. The van der Waals surface area contributed by atoms with Crippen molar-refractivity contribution in [3.63, 3.8) is 0 Å². The van der Waals surface area contributed by atoms with E-state index in [1.54, 1.807) is 80.6 Å². The Morgan fingerprint density at radius 1 is 0.374 bits per heavy atom. The second-order valence-corrected chi connectivity index (χ2v) is 37.9. The number of aryl methyl sites for hydroxylation is 3. The number of alkyl halides is 6. The predicted molar refractivity (Wildman–Crippen MR) is 522 cm³/mol. The van der Waals surface area contributed by atoms with E-state index in [9.17, 15) is 64.5 Å². The van der Waals surface area contributed by atoms with Gasteiger partial charge in [-0.05, 0) is 217 Å². The zero-order chi connectivity index (χ0) is 99.0. The summed E-state index contributed by atoms with van der Waals surface area (Å²) in [5.74, 6) is -0.713. The molecule has 0 spiro atoms. The summed E-state index contributed by atoms with van der Waals surface area (Å²) in [6.07, 6.45) is -1.23. The van der Waals surface area contributed by atoms with Gasteiger partial charge in [0.25, 0.3) is 0 Å². The Bertz CT molecular complexity index is 7430. The molecule has 714 valence electrons. The van der Waals surface area contributed by atoms with Crippen LogP contribution >= 0.6 is 0 Å². The van der Waals surface area contributed by atoms with E-state index in [1.165, 1.54) is 12.1 Å². The minimum atomic E-state index is -4.63. The number of fused-ring (bicyclic) bond motifs is 4. The molecule has 16 aromatic rings. The molecule has 139 heavy (non-hydrogen) atoms. The van der Waals surface area contributed by atoms with Crippen LogP contribution < -0.4 is 44.2 Å². The Kier molecular flexibility index (Phi) is 25.1. The van der Waals surface area contributed by atoms with Gasteiger partial charge in [-0.2, -0.15) is 46.7 Å².